The van der Waals surface area contributed by atoms with Gasteiger partial charge in [0.05, 0.1) is 11.2 Å². The fourth-order valence-electron chi connectivity index (χ4n) is 5.77. The molecule has 198 valence electrons. The van der Waals surface area contributed by atoms with Crippen LogP contribution >= 0.6 is 0 Å². The Morgan fingerprint density at radius 3 is 2.42 bits per heavy atom. The third-order valence-corrected chi connectivity index (χ3v) is 9.05. The number of hydrogen-bond donors (Lipinski definition) is 2. The lowest BCUT2D eigenvalue weighted by Gasteiger charge is -2.26. The van der Waals surface area contributed by atoms with Crippen molar-refractivity contribution in [3.63, 3.8) is 0 Å². The smallest absolute Gasteiger partial charge is 0.253 e. The number of benzene rings is 1. The Labute approximate surface area is 218 Å². The summed E-state index contributed by atoms with van der Waals surface area (Å²) >= 11 is 0. The van der Waals surface area contributed by atoms with Gasteiger partial charge in [0, 0.05) is 23.1 Å². The van der Waals surface area contributed by atoms with E-state index in [2.05, 4.69) is 62.7 Å². The van der Waals surface area contributed by atoms with E-state index in [-0.39, 0.29) is 11.3 Å². The predicted octanol–water partition coefficient (Wildman–Crippen LogP) is 7.41. The van der Waals surface area contributed by atoms with E-state index >= 15 is 0 Å². The first-order valence-corrected chi connectivity index (χ1v) is 14.4. The Morgan fingerprint density at radius 2 is 1.89 bits per heavy atom. The molecular weight excluding hydrogens is 444 g/mol. The number of aliphatic hydroxyl groups is 1. The van der Waals surface area contributed by atoms with Crippen molar-refractivity contribution >= 4 is 5.91 Å². The van der Waals surface area contributed by atoms with E-state index in [9.17, 15) is 9.90 Å². The lowest BCUT2D eigenvalue weighted by molar-refractivity contribution is 0.0784. The highest BCUT2D eigenvalue weighted by atomic mass is 16.3. The fourth-order valence-corrected chi connectivity index (χ4v) is 5.77. The highest BCUT2D eigenvalue weighted by Crippen LogP contribution is 2.49. The first-order valence-electron chi connectivity index (χ1n) is 14.4. The maximum absolute atomic E-state index is 13.5. The Morgan fingerprint density at radius 1 is 1.19 bits per heavy atom. The summed E-state index contributed by atoms with van der Waals surface area (Å²) < 4.78 is 2.35. The van der Waals surface area contributed by atoms with E-state index in [1.165, 1.54) is 49.8 Å². The van der Waals surface area contributed by atoms with E-state index in [1.54, 1.807) is 0 Å². The van der Waals surface area contributed by atoms with Crippen LogP contribution in [0.1, 0.15) is 131 Å². The van der Waals surface area contributed by atoms with Crippen LogP contribution in [-0.4, -0.2) is 21.6 Å². The van der Waals surface area contributed by atoms with Crippen molar-refractivity contribution in [2.45, 2.75) is 130 Å². The van der Waals surface area contributed by atoms with E-state index in [4.69, 9.17) is 0 Å². The van der Waals surface area contributed by atoms with Gasteiger partial charge in [-0.3, -0.25) is 4.79 Å². The molecule has 1 unspecified atom stereocenters. The number of nitrogens with one attached hydrogen (secondary N) is 1. The molecule has 0 bridgehead atoms. The van der Waals surface area contributed by atoms with Gasteiger partial charge in [-0.2, -0.15) is 0 Å². The van der Waals surface area contributed by atoms with E-state index in [0.717, 1.165) is 53.8 Å². The molecule has 2 N–H and O–H groups in total. The molecule has 2 aliphatic rings. The molecule has 36 heavy (non-hydrogen) atoms. The van der Waals surface area contributed by atoms with Crippen LogP contribution in [0.4, 0.5) is 0 Å². The molecule has 1 heterocycles. The Balaban J connectivity index is 1.86. The number of hydrogen-bond acceptors (Lipinski definition) is 2. The topological polar surface area (TPSA) is 54.3 Å². The molecule has 1 atom stereocenters. The maximum atomic E-state index is 13.5. The minimum atomic E-state index is -0.927. The molecule has 2 saturated carbocycles. The average molecular weight is 493 g/mol. The molecule has 1 aromatic heterocycles. The number of amides is 1. The van der Waals surface area contributed by atoms with Crippen LogP contribution in [0.15, 0.2) is 18.2 Å². The summed E-state index contributed by atoms with van der Waals surface area (Å²) in [6.45, 7) is 14.9. The quantitative estimate of drug-likeness (QED) is 0.343. The highest BCUT2D eigenvalue weighted by Gasteiger charge is 2.40. The van der Waals surface area contributed by atoms with Crippen molar-refractivity contribution in [2.75, 3.05) is 0 Å². The van der Waals surface area contributed by atoms with Gasteiger partial charge in [-0.15, -0.1) is 0 Å². The van der Waals surface area contributed by atoms with Crippen molar-refractivity contribution in [2.24, 2.45) is 5.92 Å². The highest BCUT2D eigenvalue weighted by molar-refractivity contribution is 5.97. The zero-order valence-electron chi connectivity index (χ0n) is 23.8. The second kappa shape index (κ2) is 10.4. The number of carbonyl (C=O) groups excluding carboxylic acids is 1. The van der Waals surface area contributed by atoms with Crippen LogP contribution in [0.25, 0.3) is 5.69 Å². The molecule has 4 heteroatoms. The Kier molecular flexibility index (Phi) is 7.76. The van der Waals surface area contributed by atoms with Crippen LogP contribution < -0.4 is 5.32 Å². The second-order valence-corrected chi connectivity index (χ2v) is 12.5. The zero-order valence-corrected chi connectivity index (χ0v) is 23.8. The van der Waals surface area contributed by atoms with Gasteiger partial charge in [-0.05, 0) is 106 Å². The summed E-state index contributed by atoms with van der Waals surface area (Å²) in [6, 6.07) is 6.98. The van der Waals surface area contributed by atoms with Gasteiger partial charge in [-0.25, -0.2) is 0 Å². The summed E-state index contributed by atoms with van der Waals surface area (Å²) in [5, 5.41) is 14.3. The third kappa shape index (κ3) is 5.44. The van der Waals surface area contributed by atoms with Gasteiger partial charge >= 0.3 is 0 Å². The summed E-state index contributed by atoms with van der Waals surface area (Å²) in [4.78, 5) is 13.5. The summed E-state index contributed by atoms with van der Waals surface area (Å²) in [7, 11) is 0. The lowest BCUT2D eigenvalue weighted by Crippen LogP contribution is -2.39. The first-order chi connectivity index (χ1) is 17.0. The molecule has 4 rings (SSSR count). The molecule has 2 fully saturated rings. The van der Waals surface area contributed by atoms with Crippen molar-refractivity contribution in [1.82, 2.24) is 9.88 Å². The number of carbonyl (C=O) groups is 1. The average Bonchev–Trinajstić information content (AvgIpc) is 3.50. The zero-order chi connectivity index (χ0) is 26.3. The van der Waals surface area contributed by atoms with Crippen LogP contribution in [0.5, 0.6) is 0 Å². The predicted molar refractivity (Wildman–Crippen MR) is 149 cm³/mol. The normalized spacial score (nSPS) is 18.1. The van der Waals surface area contributed by atoms with Crippen molar-refractivity contribution in [1.29, 1.82) is 0 Å². The maximum Gasteiger partial charge on any atom is 0.253 e. The molecular formula is C32H48N2O2. The summed E-state index contributed by atoms with van der Waals surface area (Å²) in [6.07, 6.45) is 11.5. The standard InChI is InChI=1S/C32H48N2O2/c1-8-10-12-23(9-2)17-28-21(3)29(30(35)33-26-13-11-14-26)22(4)34(28)27-19-24(31(5,6)36)18-25(20-27)32(7)15-16-32/h18-20,23,26,36H,8-17H2,1-7H3,(H,33,35). The molecule has 1 amide bonds. The van der Waals surface area contributed by atoms with Gasteiger partial charge in [0.25, 0.3) is 5.91 Å². The number of aromatic nitrogens is 1. The van der Waals surface area contributed by atoms with Crippen LogP contribution in [0.3, 0.4) is 0 Å². The van der Waals surface area contributed by atoms with Crippen LogP contribution in [0.2, 0.25) is 0 Å². The van der Waals surface area contributed by atoms with E-state index < -0.39 is 5.60 Å². The molecule has 0 aliphatic heterocycles. The summed E-state index contributed by atoms with van der Waals surface area (Å²) in [5.41, 5.74) is 6.82. The van der Waals surface area contributed by atoms with Gasteiger partial charge in [0.1, 0.15) is 0 Å². The molecule has 1 aromatic carbocycles. The van der Waals surface area contributed by atoms with Gasteiger partial charge in [0.2, 0.25) is 0 Å². The van der Waals surface area contributed by atoms with Gasteiger partial charge < -0.3 is 15.0 Å². The minimum absolute atomic E-state index is 0.0735. The van der Waals surface area contributed by atoms with Gasteiger partial charge in [0.15, 0.2) is 0 Å². The van der Waals surface area contributed by atoms with E-state index in [0.29, 0.717) is 12.0 Å². The molecule has 0 radical (unpaired) electrons. The number of nitrogens with zero attached hydrogens (tertiary/aromatic N) is 1. The minimum Gasteiger partial charge on any atom is -0.386 e. The van der Waals surface area contributed by atoms with Crippen molar-refractivity contribution in [3.8, 4) is 5.69 Å². The van der Waals surface area contributed by atoms with Gasteiger partial charge in [-0.1, -0.05) is 52.5 Å². The number of rotatable bonds is 11. The van der Waals surface area contributed by atoms with Crippen LogP contribution in [0, 0.1) is 19.8 Å². The fraction of sp³-hybridized carbons (Fsp3) is 0.656. The molecule has 0 saturated heterocycles. The Hall–Kier alpha value is -2.07. The first kappa shape index (κ1) is 27.0. The Bertz CT molecular complexity index is 1070. The molecule has 4 nitrogen and oxygen atoms in total. The largest absolute Gasteiger partial charge is 0.386 e. The van der Waals surface area contributed by atoms with Crippen LogP contribution in [-0.2, 0) is 17.4 Å². The van der Waals surface area contributed by atoms with Crippen molar-refractivity contribution < 1.29 is 9.90 Å². The lowest BCUT2D eigenvalue weighted by atomic mass is 9.89. The van der Waals surface area contributed by atoms with Crippen molar-refractivity contribution in [3.05, 3.63) is 51.8 Å². The van der Waals surface area contributed by atoms with E-state index in [1.807, 2.05) is 13.8 Å². The monoisotopic (exact) mass is 492 g/mol. The second-order valence-electron chi connectivity index (χ2n) is 12.5. The molecule has 2 aliphatic carbocycles. The molecule has 0 spiro atoms. The summed E-state index contributed by atoms with van der Waals surface area (Å²) in [5.74, 6) is 0.668. The SMILES string of the molecule is CCCCC(CC)Cc1c(C)c(C(=O)NC2CCC2)c(C)n1-c1cc(C(C)(C)O)cc(C2(C)CC2)c1. The third-order valence-electron chi connectivity index (χ3n) is 9.05. The molecule has 2 aromatic rings. The number of unbranched alkanes of at least 4 members (excludes halogenated alkanes) is 1.